The lowest BCUT2D eigenvalue weighted by atomic mass is 10.2. The van der Waals surface area contributed by atoms with E-state index in [-0.39, 0.29) is 5.75 Å². The van der Waals surface area contributed by atoms with Gasteiger partial charge in [0.2, 0.25) is 0 Å². The highest BCUT2D eigenvalue weighted by Crippen LogP contribution is 2.28. The molecule has 0 bridgehead atoms. The van der Waals surface area contributed by atoms with E-state index >= 15 is 0 Å². The molecule has 1 N–H and O–H groups in total. The van der Waals surface area contributed by atoms with Crippen molar-refractivity contribution in [3.8, 4) is 17.1 Å². The van der Waals surface area contributed by atoms with E-state index < -0.39 is 0 Å². The van der Waals surface area contributed by atoms with E-state index in [2.05, 4.69) is 55.3 Å². The van der Waals surface area contributed by atoms with Crippen molar-refractivity contribution in [3.05, 3.63) is 60.2 Å². The predicted molar refractivity (Wildman–Crippen MR) is 141 cm³/mol. The first-order chi connectivity index (χ1) is 18.2. The molecule has 2 aromatic heterocycles. The Morgan fingerprint density at radius 3 is 2.38 bits per heavy atom. The molecule has 2 aromatic carbocycles. The lowest BCUT2D eigenvalue weighted by Gasteiger charge is -2.34. The van der Waals surface area contributed by atoms with E-state index in [9.17, 15) is 5.11 Å². The summed E-state index contributed by atoms with van der Waals surface area (Å²) in [5, 5.41) is 19.0. The number of morpholine rings is 1. The van der Waals surface area contributed by atoms with Gasteiger partial charge in [-0.2, -0.15) is 0 Å². The molecule has 0 amide bonds. The van der Waals surface area contributed by atoms with Crippen LogP contribution in [-0.2, 0) is 17.8 Å². The van der Waals surface area contributed by atoms with Crippen molar-refractivity contribution >= 4 is 17.0 Å². The fourth-order valence-electron chi connectivity index (χ4n) is 5.01. The number of anilines is 1. The van der Waals surface area contributed by atoms with Crippen molar-refractivity contribution in [2.45, 2.75) is 13.1 Å². The van der Waals surface area contributed by atoms with Crippen molar-refractivity contribution in [3.63, 3.8) is 0 Å². The van der Waals surface area contributed by atoms with E-state index in [4.69, 9.17) is 14.7 Å². The van der Waals surface area contributed by atoms with E-state index in [0.29, 0.717) is 31.1 Å². The highest BCUT2D eigenvalue weighted by molar-refractivity contribution is 5.85. The largest absolute Gasteiger partial charge is 0.508 e. The van der Waals surface area contributed by atoms with Gasteiger partial charge in [0.1, 0.15) is 5.75 Å². The molecule has 2 aliphatic rings. The van der Waals surface area contributed by atoms with E-state index in [1.807, 2.05) is 10.7 Å². The Hall–Kier alpha value is -3.60. The molecule has 192 valence electrons. The normalized spacial score (nSPS) is 17.5. The lowest BCUT2D eigenvalue weighted by Crippen LogP contribution is -2.46. The molecule has 2 aliphatic heterocycles. The van der Waals surface area contributed by atoms with E-state index in [1.165, 1.54) is 5.56 Å². The maximum absolute atomic E-state index is 10.0. The second kappa shape index (κ2) is 10.8. The summed E-state index contributed by atoms with van der Waals surface area (Å²) in [6, 6.07) is 17.7. The average Bonchev–Trinajstić information content (AvgIpc) is 3.36. The molecule has 2 saturated heterocycles. The number of benzene rings is 2. The van der Waals surface area contributed by atoms with Crippen LogP contribution < -0.4 is 4.90 Å². The number of ether oxygens (including phenoxy) is 1. The van der Waals surface area contributed by atoms with Gasteiger partial charge in [-0.05, 0) is 17.7 Å². The van der Waals surface area contributed by atoms with Gasteiger partial charge in [-0.1, -0.05) is 47.7 Å². The minimum absolute atomic E-state index is 0.187. The first-order valence-corrected chi connectivity index (χ1v) is 12.9. The van der Waals surface area contributed by atoms with Crippen molar-refractivity contribution in [2.24, 2.45) is 0 Å². The number of hydrogen-bond acceptors (Lipinski definition) is 9. The van der Waals surface area contributed by atoms with Crippen LogP contribution >= 0.6 is 0 Å². The molecule has 37 heavy (non-hydrogen) atoms. The fraction of sp³-hybridized carbons (Fsp3) is 0.407. The zero-order chi connectivity index (χ0) is 25.0. The Balaban J connectivity index is 1.19. The predicted octanol–water partition coefficient (Wildman–Crippen LogP) is 2.25. The fourth-order valence-corrected chi connectivity index (χ4v) is 5.01. The van der Waals surface area contributed by atoms with Crippen molar-refractivity contribution < 1.29 is 9.84 Å². The number of hydrogen-bond donors (Lipinski definition) is 1. The van der Waals surface area contributed by atoms with Crippen molar-refractivity contribution in [1.82, 2.24) is 34.8 Å². The molecule has 4 aromatic rings. The first-order valence-electron chi connectivity index (χ1n) is 12.9. The first kappa shape index (κ1) is 23.8. The van der Waals surface area contributed by atoms with Gasteiger partial charge in [0.05, 0.1) is 19.8 Å². The van der Waals surface area contributed by atoms with Gasteiger partial charge < -0.3 is 14.7 Å². The summed E-state index contributed by atoms with van der Waals surface area (Å²) in [7, 11) is 0. The minimum atomic E-state index is 0.187. The number of rotatable bonds is 7. The van der Waals surface area contributed by atoms with Crippen LogP contribution in [0.25, 0.3) is 22.6 Å². The van der Waals surface area contributed by atoms with Crippen LogP contribution in [0.4, 0.5) is 5.82 Å². The van der Waals surface area contributed by atoms with Crippen LogP contribution in [0.5, 0.6) is 5.75 Å². The maximum atomic E-state index is 10.0. The van der Waals surface area contributed by atoms with Crippen LogP contribution in [0.1, 0.15) is 5.56 Å². The van der Waals surface area contributed by atoms with E-state index in [0.717, 1.165) is 69.4 Å². The Morgan fingerprint density at radius 1 is 0.811 bits per heavy atom. The lowest BCUT2D eigenvalue weighted by molar-refractivity contribution is 0.122. The Bertz CT molecular complexity index is 1330. The zero-order valence-corrected chi connectivity index (χ0v) is 20.9. The molecule has 4 heterocycles. The van der Waals surface area contributed by atoms with Crippen LogP contribution in [0.3, 0.4) is 0 Å². The van der Waals surface area contributed by atoms with Gasteiger partial charge in [-0.3, -0.25) is 9.80 Å². The Morgan fingerprint density at radius 2 is 1.59 bits per heavy atom. The second-order valence-corrected chi connectivity index (χ2v) is 9.61. The summed E-state index contributed by atoms with van der Waals surface area (Å²) in [5.74, 6) is 1.52. The van der Waals surface area contributed by atoms with E-state index in [1.54, 1.807) is 18.2 Å². The van der Waals surface area contributed by atoms with Gasteiger partial charge in [-0.25, -0.2) is 14.6 Å². The molecule has 0 radical (unpaired) electrons. The summed E-state index contributed by atoms with van der Waals surface area (Å²) in [6.07, 6.45) is 0. The van der Waals surface area contributed by atoms with Crippen molar-refractivity contribution in [2.75, 3.05) is 63.9 Å². The number of aromatic nitrogens is 5. The maximum Gasteiger partial charge on any atom is 0.184 e. The molecule has 6 rings (SSSR count). The number of piperazine rings is 1. The zero-order valence-electron chi connectivity index (χ0n) is 20.9. The topological polar surface area (TPSA) is 95.7 Å². The molecular formula is C27H32N8O2. The number of phenols is 1. The smallest absolute Gasteiger partial charge is 0.184 e. The third kappa shape index (κ3) is 5.41. The third-order valence-electron chi connectivity index (χ3n) is 7.10. The molecule has 0 atom stereocenters. The number of fused-ring (bicyclic) bond motifs is 1. The summed E-state index contributed by atoms with van der Waals surface area (Å²) >= 11 is 0. The Labute approximate surface area is 216 Å². The quantitative estimate of drug-likeness (QED) is 0.410. The molecular weight excluding hydrogens is 468 g/mol. The van der Waals surface area contributed by atoms with Gasteiger partial charge in [-0.15, -0.1) is 5.10 Å². The molecule has 10 heteroatoms. The molecule has 0 aliphatic carbocycles. The monoisotopic (exact) mass is 500 g/mol. The molecule has 2 fully saturated rings. The van der Waals surface area contributed by atoms with Gasteiger partial charge >= 0.3 is 0 Å². The van der Waals surface area contributed by atoms with Crippen LogP contribution in [-0.4, -0.2) is 98.9 Å². The van der Waals surface area contributed by atoms with Gasteiger partial charge in [0.25, 0.3) is 0 Å². The summed E-state index contributed by atoms with van der Waals surface area (Å²) < 4.78 is 7.44. The average molecular weight is 501 g/mol. The molecule has 10 nitrogen and oxygen atoms in total. The number of nitrogens with zero attached hydrogens (tertiary/aromatic N) is 8. The minimum Gasteiger partial charge on any atom is -0.508 e. The second-order valence-electron chi connectivity index (χ2n) is 9.61. The standard InChI is InChI=1S/C27H32N8O2/c36-23-8-4-7-22(19-23)25-28-26(34-15-17-37-18-16-34)24-27(29-25)35(31-30-24)14-13-32-9-11-33(12-10-32)20-21-5-2-1-3-6-21/h1-8,19,36H,9-18,20H2. The molecule has 0 unspecified atom stereocenters. The summed E-state index contributed by atoms with van der Waals surface area (Å²) in [4.78, 5) is 16.9. The SMILES string of the molecule is Oc1cccc(-c2nc(N3CCOCC3)c3nnn(CCN4CCN(Cc5ccccc5)CC4)c3n2)c1. The highest BCUT2D eigenvalue weighted by Gasteiger charge is 2.23. The van der Waals surface area contributed by atoms with Gasteiger partial charge in [0, 0.05) is 57.9 Å². The third-order valence-corrected chi connectivity index (χ3v) is 7.10. The highest BCUT2D eigenvalue weighted by atomic mass is 16.5. The summed E-state index contributed by atoms with van der Waals surface area (Å²) in [5.41, 5.74) is 3.55. The number of phenolic OH excluding ortho intramolecular Hbond substituents is 1. The van der Waals surface area contributed by atoms with Crippen LogP contribution in [0, 0.1) is 0 Å². The Kier molecular flexibility index (Phi) is 6.94. The van der Waals surface area contributed by atoms with Crippen LogP contribution in [0.2, 0.25) is 0 Å². The molecule has 0 saturated carbocycles. The van der Waals surface area contributed by atoms with Crippen LogP contribution in [0.15, 0.2) is 54.6 Å². The number of aromatic hydroxyl groups is 1. The van der Waals surface area contributed by atoms with Gasteiger partial charge in [0.15, 0.2) is 22.8 Å². The van der Waals surface area contributed by atoms with Crippen molar-refractivity contribution in [1.29, 1.82) is 0 Å². The summed E-state index contributed by atoms with van der Waals surface area (Å²) in [6.45, 7) is 9.54. The molecule has 0 spiro atoms.